The Morgan fingerprint density at radius 2 is 2.20 bits per heavy atom. The predicted octanol–water partition coefficient (Wildman–Crippen LogP) is 4.11. The Hall–Kier alpha value is -0.540. The first-order chi connectivity index (χ1) is 9.67. The summed E-state index contributed by atoms with van der Waals surface area (Å²) < 4.78 is 6.95. The number of fused-ring (bicyclic) bond motifs is 1. The normalized spacial score (nSPS) is 29.1. The summed E-state index contributed by atoms with van der Waals surface area (Å²) >= 11 is 3.60. The SMILES string of the molecule is CCC1CCC(O)C(Cc2cc(Br)cc3c2OCC3)C1. The molecule has 1 fully saturated rings. The van der Waals surface area contributed by atoms with Crippen molar-refractivity contribution in [2.45, 2.75) is 51.6 Å². The van der Waals surface area contributed by atoms with Crippen LogP contribution in [0, 0.1) is 11.8 Å². The summed E-state index contributed by atoms with van der Waals surface area (Å²) in [6, 6.07) is 4.34. The van der Waals surface area contributed by atoms with Gasteiger partial charge < -0.3 is 9.84 Å². The predicted molar refractivity (Wildman–Crippen MR) is 84.2 cm³/mol. The summed E-state index contributed by atoms with van der Waals surface area (Å²) in [5.74, 6) is 2.25. The first kappa shape index (κ1) is 14.4. The van der Waals surface area contributed by atoms with Crippen LogP contribution in [-0.4, -0.2) is 17.8 Å². The number of ether oxygens (including phenoxy) is 1. The van der Waals surface area contributed by atoms with Gasteiger partial charge in [0.15, 0.2) is 0 Å². The van der Waals surface area contributed by atoms with Gasteiger partial charge in [0, 0.05) is 10.9 Å². The Labute approximate surface area is 129 Å². The van der Waals surface area contributed by atoms with E-state index in [-0.39, 0.29) is 6.10 Å². The van der Waals surface area contributed by atoms with Crippen LogP contribution in [0.1, 0.15) is 43.7 Å². The average molecular weight is 339 g/mol. The van der Waals surface area contributed by atoms with E-state index in [1.807, 2.05) is 0 Å². The van der Waals surface area contributed by atoms with Crippen molar-refractivity contribution in [2.75, 3.05) is 6.61 Å². The lowest BCUT2D eigenvalue weighted by Crippen LogP contribution is -2.30. The molecule has 0 saturated heterocycles. The number of benzene rings is 1. The minimum Gasteiger partial charge on any atom is -0.493 e. The quantitative estimate of drug-likeness (QED) is 0.898. The lowest BCUT2D eigenvalue weighted by Gasteiger charge is -2.33. The summed E-state index contributed by atoms with van der Waals surface area (Å²) in [5, 5.41) is 10.3. The molecule has 1 saturated carbocycles. The van der Waals surface area contributed by atoms with E-state index in [9.17, 15) is 5.11 Å². The fourth-order valence-corrected chi connectivity index (χ4v) is 4.27. The maximum atomic E-state index is 10.3. The molecule has 0 bridgehead atoms. The Kier molecular flexibility index (Phi) is 4.37. The molecule has 1 N–H and O–H groups in total. The van der Waals surface area contributed by atoms with Gasteiger partial charge in [0.1, 0.15) is 5.75 Å². The largest absolute Gasteiger partial charge is 0.493 e. The summed E-state index contributed by atoms with van der Waals surface area (Å²) in [7, 11) is 0. The van der Waals surface area contributed by atoms with Gasteiger partial charge >= 0.3 is 0 Å². The average Bonchev–Trinajstić information content (AvgIpc) is 2.89. The molecule has 0 aromatic heterocycles. The van der Waals surface area contributed by atoms with Crippen molar-refractivity contribution >= 4 is 15.9 Å². The Balaban J connectivity index is 1.80. The standard InChI is InChI=1S/C17H23BrO2/c1-2-11-3-4-16(19)13(7-11)8-14-10-15(18)9-12-5-6-20-17(12)14/h9-11,13,16,19H,2-8H2,1H3. The van der Waals surface area contributed by atoms with E-state index in [1.54, 1.807) is 0 Å². The zero-order valence-corrected chi connectivity index (χ0v) is 13.7. The van der Waals surface area contributed by atoms with Gasteiger partial charge in [-0.15, -0.1) is 0 Å². The monoisotopic (exact) mass is 338 g/mol. The molecule has 0 spiro atoms. The number of hydrogen-bond donors (Lipinski definition) is 1. The van der Waals surface area contributed by atoms with Crippen molar-refractivity contribution in [3.63, 3.8) is 0 Å². The Morgan fingerprint density at radius 3 is 3.00 bits per heavy atom. The van der Waals surface area contributed by atoms with E-state index in [2.05, 4.69) is 35.0 Å². The Bertz CT molecular complexity index is 486. The number of aliphatic hydroxyl groups excluding tert-OH is 1. The first-order valence-corrected chi connectivity index (χ1v) is 8.58. The minimum absolute atomic E-state index is 0.145. The molecule has 3 heteroatoms. The zero-order chi connectivity index (χ0) is 14.1. The maximum Gasteiger partial charge on any atom is 0.125 e. The van der Waals surface area contributed by atoms with Crippen molar-refractivity contribution < 1.29 is 9.84 Å². The maximum absolute atomic E-state index is 10.3. The summed E-state index contributed by atoms with van der Waals surface area (Å²) in [5.41, 5.74) is 2.58. The highest BCUT2D eigenvalue weighted by Crippen LogP contribution is 2.38. The smallest absolute Gasteiger partial charge is 0.125 e. The second kappa shape index (κ2) is 6.07. The molecule has 0 radical (unpaired) electrons. The third-order valence-electron chi connectivity index (χ3n) is 4.94. The van der Waals surface area contributed by atoms with Crippen LogP contribution in [0.25, 0.3) is 0 Å². The summed E-state index contributed by atoms with van der Waals surface area (Å²) in [6.07, 6.45) is 6.33. The van der Waals surface area contributed by atoms with E-state index in [1.165, 1.54) is 24.0 Å². The van der Waals surface area contributed by atoms with E-state index in [4.69, 9.17) is 4.74 Å². The molecule has 1 aliphatic carbocycles. The van der Waals surface area contributed by atoms with Gasteiger partial charge in [-0.3, -0.25) is 0 Å². The molecule has 3 atom stereocenters. The molecule has 110 valence electrons. The van der Waals surface area contributed by atoms with E-state index < -0.39 is 0 Å². The highest BCUT2D eigenvalue weighted by molar-refractivity contribution is 9.10. The summed E-state index contributed by atoms with van der Waals surface area (Å²) in [4.78, 5) is 0. The second-order valence-corrected chi connectivity index (χ2v) is 7.19. The molecule has 1 aromatic rings. The molecule has 0 amide bonds. The lowest BCUT2D eigenvalue weighted by molar-refractivity contribution is 0.0472. The van der Waals surface area contributed by atoms with E-state index >= 15 is 0 Å². The number of aliphatic hydroxyl groups is 1. The number of rotatable bonds is 3. The van der Waals surface area contributed by atoms with Crippen LogP contribution in [0.5, 0.6) is 5.75 Å². The second-order valence-electron chi connectivity index (χ2n) is 6.27. The van der Waals surface area contributed by atoms with Crippen LogP contribution < -0.4 is 4.74 Å². The fraction of sp³-hybridized carbons (Fsp3) is 0.647. The number of hydrogen-bond acceptors (Lipinski definition) is 2. The van der Waals surface area contributed by atoms with Crippen molar-refractivity contribution in [1.29, 1.82) is 0 Å². The van der Waals surface area contributed by atoms with Gasteiger partial charge in [-0.05, 0) is 60.8 Å². The molecule has 1 aromatic carbocycles. The molecule has 2 nitrogen and oxygen atoms in total. The Morgan fingerprint density at radius 1 is 1.35 bits per heavy atom. The van der Waals surface area contributed by atoms with Crippen molar-refractivity contribution in [3.05, 3.63) is 27.7 Å². The van der Waals surface area contributed by atoms with Crippen LogP contribution in [0.3, 0.4) is 0 Å². The van der Waals surface area contributed by atoms with Crippen molar-refractivity contribution in [1.82, 2.24) is 0 Å². The fourth-order valence-electron chi connectivity index (χ4n) is 3.72. The van der Waals surface area contributed by atoms with Crippen LogP contribution in [0.4, 0.5) is 0 Å². The molecular formula is C17H23BrO2. The van der Waals surface area contributed by atoms with Crippen molar-refractivity contribution in [3.8, 4) is 5.75 Å². The molecule has 1 heterocycles. The van der Waals surface area contributed by atoms with Crippen LogP contribution in [0.15, 0.2) is 16.6 Å². The van der Waals surface area contributed by atoms with Gasteiger partial charge in [-0.2, -0.15) is 0 Å². The summed E-state index contributed by atoms with van der Waals surface area (Å²) in [6.45, 7) is 3.06. The van der Waals surface area contributed by atoms with Crippen LogP contribution in [0.2, 0.25) is 0 Å². The zero-order valence-electron chi connectivity index (χ0n) is 12.1. The van der Waals surface area contributed by atoms with Crippen LogP contribution >= 0.6 is 15.9 Å². The lowest BCUT2D eigenvalue weighted by atomic mass is 9.75. The van der Waals surface area contributed by atoms with Crippen molar-refractivity contribution in [2.24, 2.45) is 11.8 Å². The molecule has 3 rings (SSSR count). The molecular weight excluding hydrogens is 316 g/mol. The van der Waals surface area contributed by atoms with E-state index in [0.717, 1.165) is 48.4 Å². The third kappa shape index (κ3) is 2.89. The van der Waals surface area contributed by atoms with Gasteiger partial charge in [0.2, 0.25) is 0 Å². The van der Waals surface area contributed by atoms with E-state index in [0.29, 0.717) is 5.92 Å². The minimum atomic E-state index is -0.145. The third-order valence-corrected chi connectivity index (χ3v) is 5.39. The van der Waals surface area contributed by atoms with Gasteiger partial charge in [-0.1, -0.05) is 29.3 Å². The highest BCUT2D eigenvalue weighted by Gasteiger charge is 2.30. The van der Waals surface area contributed by atoms with Gasteiger partial charge in [-0.25, -0.2) is 0 Å². The molecule has 20 heavy (non-hydrogen) atoms. The first-order valence-electron chi connectivity index (χ1n) is 7.79. The van der Waals surface area contributed by atoms with Gasteiger partial charge in [0.25, 0.3) is 0 Å². The topological polar surface area (TPSA) is 29.5 Å². The van der Waals surface area contributed by atoms with Crippen LogP contribution in [-0.2, 0) is 12.8 Å². The molecule has 1 aliphatic heterocycles. The number of halogens is 1. The highest BCUT2D eigenvalue weighted by atomic mass is 79.9. The molecule has 3 unspecified atom stereocenters. The molecule has 2 aliphatic rings. The van der Waals surface area contributed by atoms with Gasteiger partial charge in [0.05, 0.1) is 12.7 Å².